The molecule has 0 fully saturated rings. The van der Waals surface area contributed by atoms with E-state index in [1.807, 2.05) is 37.3 Å². The minimum atomic E-state index is -0.170. The average molecular weight is 427 g/mol. The van der Waals surface area contributed by atoms with Crippen molar-refractivity contribution in [2.24, 2.45) is 0 Å². The molecule has 1 atom stereocenters. The van der Waals surface area contributed by atoms with Gasteiger partial charge in [0, 0.05) is 5.41 Å². The quantitative estimate of drug-likeness (QED) is 0.420. The van der Waals surface area contributed by atoms with Gasteiger partial charge < -0.3 is 4.74 Å². The molecule has 0 N–H and O–H groups in total. The maximum atomic E-state index is 5.21. The molecule has 1 aliphatic carbocycles. The van der Waals surface area contributed by atoms with Crippen LogP contribution in [0.5, 0.6) is 5.75 Å². The van der Waals surface area contributed by atoms with Crippen LogP contribution in [0.1, 0.15) is 62.8 Å². The van der Waals surface area contributed by atoms with E-state index < -0.39 is 0 Å². The highest BCUT2D eigenvalue weighted by Crippen LogP contribution is 2.52. The summed E-state index contributed by atoms with van der Waals surface area (Å²) in [5.74, 6) is 1.52. The van der Waals surface area contributed by atoms with Gasteiger partial charge in [0.25, 0.3) is 0 Å². The number of ether oxygens (including phenoxy) is 1. The number of hydrogen-bond acceptors (Lipinski definition) is 1. The van der Waals surface area contributed by atoms with E-state index in [1.165, 1.54) is 33.4 Å². The third kappa shape index (κ3) is 4.88. The van der Waals surface area contributed by atoms with E-state index >= 15 is 0 Å². The van der Waals surface area contributed by atoms with Crippen molar-refractivity contribution in [1.82, 2.24) is 0 Å². The summed E-state index contributed by atoms with van der Waals surface area (Å²) in [4.78, 5) is 0. The number of rotatable bonds is 6. The zero-order valence-electron chi connectivity index (χ0n) is 20.8. The van der Waals surface area contributed by atoms with Gasteiger partial charge in [0.1, 0.15) is 5.75 Å². The third-order valence-corrected chi connectivity index (χ3v) is 6.29. The molecule has 1 heteroatoms. The van der Waals surface area contributed by atoms with Crippen molar-refractivity contribution in [2.45, 2.75) is 52.9 Å². The Balaban J connectivity index is 0.000000278. The van der Waals surface area contributed by atoms with Crippen LogP contribution in [0.25, 0.3) is 5.57 Å². The number of benzene rings is 2. The SMILES string of the molecule is C=C/C=C\C1=C(C)c2cccc(C)c2C1(C)C(=C)/C=C\C.COc1ccccc1C(C)C. The van der Waals surface area contributed by atoms with Gasteiger partial charge in [0.2, 0.25) is 0 Å². The van der Waals surface area contributed by atoms with Crippen molar-refractivity contribution in [3.8, 4) is 5.75 Å². The minimum absolute atomic E-state index is 0.170. The number of allylic oxidation sites excluding steroid dienone is 8. The summed E-state index contributed by atoms with van der Waals surface area (Å²) >= 11 is 0. The Labute approximate surface area is 195 Å². The molecular weight excluding hydrogens is 388 g/mol. The Bertz CT molecular complexity index is 1060. The van der Waals surface area contributed by atoms with Crippen molar-refractivity contribution in [3.05, 3.63) is 119 Å². The predicted molar refractivity (Wildman–Crippen MR) is 141 cm³/mol. The van der Waals surface area contributed by atoms with E-state index in [0.29, 0.717) is 5.92 Å². The summed E-state index contributed by atoms with van der Waals surface area (Å²) < 4.78 is 5.21. The van der Waals surface area contributed by atoms with Crippen LogP contribution in [-0.2, 0) is 5.41 Å². The smallest absolute Gasteiger partial charge is 0.122 e. The number of aryl methyl sites for hydroxylation is 1. The fraction of sp³-hybridized carbons (Fsp3) is 0.290. The van der Waals surface area contributed by atoms with E-state index in [2.05, 4.69) is 90.3 Å². The summed E-state index contributed by atoms with van der Waals surface area (Å²) in [5, 5.41) is 0. The van der Waals surface area contributed by atoms with E-state index in [4.69, 9.17) is 4.74 Å². The molecule has 32 heavy (non-hydrogen) atoms. The van der Waals surface area contributed by atoms with Crippen LogP contribution in [0.2, 0.25) is 0 Å². The highest BCUT2D eigenvalue weighted by molar-refractivity contribution is 5.84. The third-order valence-electron chi connectivity index (χ3n) is 6.29. The first-order valence-electron chi connectivity index (χ1n) is 11.3. The fourth-order valence-corrected chi connectivity index (χ4v) is 4.60. The summed E-state index contributed by atoms with van der Waals surface area (Å²) in [7, 11) is 1.71. The molecule has 0 aliphatic heterocycles. The molecule has 0 bridgehead atoms. The van der Waals surface area contributed by atoms with Gasteiger partial charge in [-0.3, -0.25) is 0 Å². The van der Waals surface area contributed by atoms with Crippen LogP contribution < -0.4 is 4.74 Å². The molecule has 1 unspecified atom stereocenters. The second-order valence-corrected chi connectivity index (χ2v) is 8.68. The van der Waals surface area contributed by atoms with Crippen molar-refractivity contribution >= 4 is 5.57 Å². The van der Waals surface area contributed by atoms with Gasteiger partial charge in [0.15, 0.2) is 0 Å². The lowest BCUT2D eigenvalue weighted by molar-refractivity contribution is 0.407. The Hall–Kier alpha value is -3.06. The zero-order chi connectivity index (χ0) is 23.9. The first-order chi connectivity index (χ1) is 15.2. The largest absolute Gasteiger partial charge is 0.496 e. The monoisotopic (exact) mass is 426 g/mol. The molecule has 1 aliphatic rings. The Morgan fingerprint density at radius 2 is 1.75 bits per heavy atom. The molecule has 0 radical (unpaired) electrons. The summed E-state index contributed by atoms with van der Waals surface area (Å²) in [6.07, 6.45) is 10.2. The standard InChI is InChI=1S/C21H24.C10H14O/c1-7-9-14-19-17(5)18-13-10-12-15(3)20(18)21(19,6)16(4)11-8-2;1-8(2)9-6-4-5-7-10(9)11-3/h7-14H,1,4H2,2-3,5-6H3;4-8H,1-3H3/b11-8-,14-9-;. The number of hydrogen-bond donors (Lipinski definition) is 0. The zero-order valence-corrected chi connectivity index (χ0v) is 20.8. The second kappa shape index (κ2) is 11.0. The number of para-hydroxylation sites is 1. The van der Waals surface area contributed by atoms with E-state index in [9.17, 15) is 0 Å². The highest BCUT2D eigenvalue weighted by Gasteiger charge is 2.41. The Morgan fingerprint density at radius 3 is 2.31 bits per heavy atom. The Kier molecular flexibility index (Phi) is 8.66. The maximum absolute atomic E-state index is 5.21. The molecule has 0 saturated heterocycles. The molecule has 2 aromatic rings. The van der Waals surface area contributed by atoms with Crippen molar-refractivity contribution in [2.75, 3.05) is 7.11 Å². The highest BCUT2D eigenvalue weighted by atomic mass is 16.5. The Morgan fingerprint density at radius 1 is 1.06 bits per heavy atom. The van der Waals surface area contributed by atoms with Crippen LogP contribution in [0, 0.1) is 6.92 Å². The van der Waals surface area contributed by atoms with Gasteiger partial charge in [-0.2, -0.15) is 0 Å². The normalized spacial score (nSPS) is 17.5. The van der Waals surface area contributed by atoms with Gasteiger partial charge in [-0.25, -0.2) is 0 Å². The number of fused-ring (bicyclic) bond motifs is 1. The lowest BCUT2D eigenvalue weighted by atomic mass is 9.71. The molecular formula is C31H38O. The van der Waals surface area contributed by atoms with Crippen LogP contribution in [0.3, 0.4) is 0 Å². The first-order valence-corrected chi connectivity index (χ1v) is 11.3. The molecule has 0 aromatic heterocycles. The lowest BCUT2D eigenvalue weighted by Gasteiger charge is -2.31. The van der Waals surface area contributed by atoms with Gasteiger partial charge in [-0.05, 0) is 78.7 Å². The fourth-order valence-electron chi connectivity index (χ4n) is 4.60. The van der Waals surface area contributed by atoms with Crippen LogP contribution in [0.4, 0.5) is 0 Å². The molecule has 0 heterocycles. The molecule has 3 rings (SSSR count). The molecule has 0 spiro atoms. The predicted octanol–water partition coefficient (Wildman–Crippen LogP) is 8.73. The van der Waals surface area contributed by atoms with Gasteiger partial charge in [0.05, 0.1) is 7.11 Å². The van der Waals surface area contributed by atoms with Crippen LogP contribution >= 0.6 is 0 Å². The molecule has 1 nitrogen and oxygen atoms in total. The minimum Gasteiger partial charge on any atom is -0.496 e. The topological polar surface area (TPSA) is 9.23 Å². The summed E-state index contributed by atoms with van der Waals surface area (Å²) in [6.45, 7) is 21.2. The molecule has 0 amide bonds. The maximum Gasteiger partial charge on any atom is 0.122 e. The molecule has 0 saturated carbocycles. The van der Waals surface area contributed by atoms with E-state index in [-0.39, 0.29) is 5.41 Å². The van der Waals surface area contributed by atoms with Gasteiger partial charge in [-0.15, -0.1) is 0 Å². The van der Waals surface area contributed by atoms with Crippen LogP contribution in [0.15, 0.2) is 97.1 Å². The first kappa shape index (κ1) is 25.2. The summed E-state index contributed by atoms with van der Waals surface area (Å²) in [6, 6.07) is 14.7. The van der Waals surface area contributed by atoms with E-state index in [1.54, 1.807) is 7.11 Å². The molecule has 2 aromatic carbocycles. The van der Waals surface area contributed by atoms with Crippen molar-refractivity contribution < 1.29 is 4.74 Å². The van der Waals surface area contributed by atoms with Crippen LogP contribution in [-0.4, -0.2) is 7.11 Å². The second-order valence-electron chi connectivity index (χ2n) is 8.68. The molecule has 168 valence electrons. The van der Waals surface area contributed by atoms with Gasteiger partial charge >= 0.3 is 0 Å². The van der Waals surface area contributed by atoms with Gasteiger partial charge in [-0.1, -0.05) is 93.8 Å². The number of methoxy groups -OCH3 is 1. The lowest BCUT2D eigenvalue weighted by Crippen LogP contribution is -2.24. The van der Waals surface area contributed by atoms with E-state index in [0.717, 1.165) is 11.3 Å². The van der Waals surface area contributed by atoms with Crippen molar-refractivity contribution in [3.63, 3.8) is 0 Å². The average Bonchev–Trinajstić information content (AvgIpc) is 3.01. The summed E-state index contributed by atoms with van der Waals surface area (Å²) in [5.41, 5.74) is 8.92. The van der Waals surface area contributed by atoms with Crippen molar-refractivity contribution in [1.29, 1.82) is 0 Å².